The summed E-state index contributed by atoms with van der Waals surface area (Å²) in [6.07, 6.45) is 5.21. The van der Waals surface area contributed by atoms with Crippen molar-refractivity contribution in [3.8, 4) is 0 Å². The number of fused-ring (bicyclic) bond motifs is 2. The maximum atomic E-state index is 11.3. The van der Waals surface area contributed by atoms with Crippen molar-refractivity contribution in [1.29, 1.82) is 0 Å². The van der Waals surface area contributed by atoms with Gasteiger partial charge in [-0.2, -0.15) is 0 Å². The highest BCUT2D eigenvalue weighted by molar-refractivity contribution is 5.77. The molecule has 2 atom stereocenters. The highest BCUT2D eigenvalue weighted by Gasteiger charge is 2.38. The molecule has 92 valence electrons. The fourth-order valence-electron chi connectivity index (χ4n) is 3.17. The van der Waals surface area contributed by atoms with E-state index in [9.17, 15) is 4.79 Å². The van der Waals surface area contributed by atoms with E-state index in [0.29, 0.717) is 12.5 Å². The molecule has 0 aromatic heterocycles. The topological polar surface area (TPSA) is 44.4 Å². The Kier molecular flexibility index (Phi) is 3.82. The minimum Gasteiger partial charge on any atom is -0.355 e. The Balaban J connectivity index is 1.74. The molecule has 2 fully saturated rings. The van der Waals surface area contributed by atoms with Crippen LogP contribution in [0.2, 0.25) is 0 Å². The second-order valence-electron chi connectivity index (χ2n) is 5.22. The normalized spacial score (nSPS) is 34.0. The molecule has 2 saturated heterocycles. The van der Waals surface area contributed by atoms with Crippen molar-refractivity contribution in [3.05, 3.63) is 0 Å². The number of nitrogens with zero attached hydrogens (tertiary/aromatic N) is 1. The van der Waals surface area contributed by atoms with Crippen molar-refractivity contribution in [2.45, 2.75) is 37.8 Å². The first-order chi connectivity index (χ1) is 7.70. The molecule has 0 aliphatic carbocycles. The van der Waals surface area contributed by atoms with Gasteiger partial charge in [-0.1, -0.05) is 0 Å². The van der Waals surface area contributed by atoms with Gasteiger partial charge in [0.25, 0.3) is 0 Å². The Bertz CT molecular complexity index is 243. The summed E-state index contributed by atoms with van der Waals surface area (Å²) < 4.78 is 0. The SMILES string of the molecule is CNCC(=O)NCC1CC2CCC(C1)N2C. The lowest BCUT2D eigenvalue weighted by molar-refractivity contribution is -0.120. The van der Waals surface area contributed by atoms with E-state index >= 15 is 0 Å². The van der Waals surface area contributed by atoms with E-state index < -0.39 is 0 Å². The first-order valence-corrected chi connectivity index (χ1v) is 6.34. The second kappa shape index (κ2) is 5.15. The molecule has 2 aliphatic heterocycles. The maximum absolute atomic E-state index is 11.3. The predicted molar refractivity (Wildman–Crippen MR) is 64.2 cm³/mol. The molecule has 2 aliphatic rings. The number of hydrogen-bond acceptors (Lipinski definition) is 3. The number of rotatable bonds is 4. The number of nitrogens with one attached hydrogen (secondary N) is 2. The lowest BCUT2D eigenvalue weighted by atomic mass is 9.91. The van der Waals surface area contributed by atoms with Crippen molar-refractivity contribution in [1.82, 2.24) is 15.5 Å². The third kappa shape index (κ3) is 2.55. The third-order valence-corrected chi connectivity index (χ3v) is 4.12. The van der Waals surface area contributed by atoms with Gasteiger partial charge < -0.3 is 15.5 Å². The highest BCUT2D eigenvalue weighted by Crippen LogP contribution is 2.36. The van der Waals surface area contributed by atoms with Gasteiger partial charge in [-0.25, -0.2) is 0 Å². The number of carbonyl (C=O) groups excluding carboxylic acids is 1. The Hall–Kier alpha value is -0.610. The van der Waals surface area contributed by atoms with Gasteiger partial charge in [0.2, 0.25) is 5.91 Å². The minimum absolute atomic E-state index is 0.119. The number of hydrogen-bond donors (Lipinski definition) is 2. The first-order valence-electron chi connectivity index (χ1n) is 6.34. The van der Waals surface area contributed by atoms with E-state index in [1.807, 2.05) is 0 Å². The van der Waals surface area contributed by atoms with Crippen LogP contribution in [0.25, 0.3) is 0 Å². The Morgan fingerprint density at radius 3 is 2.50 bits per heavy atom. The van der Waals surface area contributed by atoms with Crippen LogP contribution in [-0.4, -0.2) is 50.1 Å². The minimum atomic E-state index is 0.119. The van der Waals surface area contributed by atoms with Gasteiger partial charge in [-0.05, 0) is 45.7 Å². The lowest BCUT2D eigenvalue weighted by Crippen LogP contribution is -2.44. The zero-order valence-corrected chi connectivity index (χ0v) is 10.3. The molecule has 0 saturated carbocycles. The average molecular weight is 225 g/mol. The van der Waals surface area contributed by atoms with Crippen molar-refractivity contribution >= 4 is 5.91 Å². The summed E-state index contributed by atoms with van der Waals surface area (Å²) in [5, 5.41) is 5.89. The molecule has 2 rings (SSSR count). The van der Waals surface area contributed by atoms with Crippen molar-refractivity contribution in [2.24, 2.45) is 5.92 Å². The summed E-state index contributed by atoms with van der Waals surface area (Å²) in [6.45, 7) is 1.29. The van der Waals surface area contributed by atoms with E-state index in [1.54, 1.807) is 7.05 Å². The van der Waals surface area contributed by atoms with Gasteiger partial charge in [0.1, 0.15) is 0 Å². The summed E-state index contributed by atoms with van der Waals surface area (Å²) >= 11 is 0. The van der Waals surface area contributed by atoms with E-state index in [1.165, 1.54) is 25.7 Å². The van der Waals surface area contributed by atoms with Gasteiger partial charge in [0.05, 0.1) is 6.54 Å². The molecule has 1 amide bonds. The average Bonchev–Trinajstić information content (AvgIpc) is 2.52. The van der Waals surface area contributed by atoms with Crippen molar-refractivity contribution < 1.29 is 4.79 Å². The fraction of sp³-hybridized carbons (Fsp3) is 0.917. The van der Waals surface area contributed by atoms with E-state index in [0.717, 1.165) is 18.6 Å². The quantitative estimate of drug-likeness (QED) is 0.718. The van der Waals surface area contributed by atoms with Gasteiger partial charge in [-0.3, -0.25) is 4.79 Å². The molecular weight excluding hydrogens is 202 g/mol. The molecule has 2 bridgehead atoms. The van der Waals surface area contributed by atoms with Gasteiger partial charge in [-0.15, -0.1) is 0 Å². The van der Waals surface area contributed by atoms with Crippen LogP contribution in [0.3, 0.4) is 0 Å². The van der Waals surface area contributed by atoms with Crippen LogP contribution >= 0.6 is 0 Å². The molecule has 2 unspecified atom stereocenters. The fourth-order valence-corrected chi connectivity index (χ4v) is 3.17. The van der Waals surface area contributed by atoms with Gasteiger partial charge >= 0.3 is 0 Å². The summed E-state index contributed by atoms with van der Waals surface area (Å²) in [4.78, 5) is 13.9. The van der Waals surface area contributed by atoms with Crippen LogP contribution in [0, 0.1) is 5.92 Å². The highest BCUT2D eigenvalue weighted by atomic mass is 16.1. The molecular formula is C12H23N3O. The molecule has 4 nitrogen and oxygen atoms in total. The molecule has 4 heteroatoms. The molecule has 2 heterocycles. The van der Waals surface area contributed by atoms with Crippen LogP contribution in [0.1, 0.15) is 25.7 Å². The van der Waals surface area contributed by atoms with Crippen molar-refractivity contribution in [2.75, 3.05) is 27.2 Å². The number of likely N-dealkylation sites (N-methyl/N-ethyl adjacent to an activating group) is 1. The zero-order chi connectivity index (χ0) is 11.5. The van der Waals surface area contributed by atoms with Crippen LogP contribution in [0.15, 0.2) is 0 Å². The van der Waals surface area contributed by atoms with E-state index in [2.05, 4.69) is 22.6 Å². The summed E-state index contributed by atoms with van der Waals surface area (Å²) in [5.41, 5.74) is 0. The lowest BCUT2D eigenvalue weighted by Gasteiger charge is -2.36. The maximum Gasteiger partial charge on any atom is 0.233 e. The Morgan fingerprint density at radius 2 is 1.94 bits per heavy atom. The smallest absolute Gasteiger partial charge is 0.233 e. The largest absolute Gasteiger partial charge is 0.355 e. The van der Waals surface area contributed by atoms with E-state index in [-0.39, 0.29) is 5.91 Å². The third-order valence-electron chi connectivity index (χ3n) is 4.12. The van der Waals surface area contributed by atoms with Crippen LogP contribution in [-0.2, 0) is 4.79 Å². The standard InChI is InChI=1S/C12H23N3O/c1-13-8-12(16)14-7-9-5-10-3-4-11(6-9)15(10)2/h9-11,13H,3-8H2,1-2H3,(H,14,16). The van der Waals surface area contributed by atoms with E-state index in [4.69, 9.17) is 0 Å². The monoisotopic (exact) mass is 225 g/mol. The van der Waals surface area contributed by atoms with Crippen LogP contribution < -0.4 is 10.6 Å². The number of piperidine rings is 1. The van der Waals surface area contributed by atoms with Crippen LogP contribution in [0.5, 0.6) is 0 Å². The molecule has 0 radical (unpaired) electrons. The van der Waals surface area contributed by atoms with Gasteiger partial charge in [0.15, 0.2) is 0 Å². The molecule has 16 heavy (non-hydrogen) atoms. The van der Waals surface area contributed by atoms with Gasteiger partial charge in [0, 0.05) is 18.6 Å². The Labute approximate surface area is 97.8 Å². The summed E-state index contributed by atoms with van der Waals surface area (Å²) in [5.74, 6) is 0.809. The molecule has 0 spiro atoms. The molecule has 0 aromatic carbocycles. The predicted octanol–water partition coefficient (Wildman–Crippen LogP) is 0.195. The molecule has 2 N–H and O–H groups in total. The number of amides is 1. The summed E-state index contributed by atoms with van der Waals surface area (Å²) in [7, 11) is 4.05. The Morgan fingerprint density at radius 1 is 1.31 bits per heavy atom. The van der Waals surface area contributed by atoms with Crippen molar-refractivity contribution in [3.63, 3.8) is 0 Å². The zero-order valence-electron chi connectivity index (χ0n) is 10.3. The van der Waals surface area contributed by atoms with Crippen LogP contribution in [0.4, 0.5) is 0 Å². The number of carbonyl (C=O) groups is 1. The first kappa shape index (κ1) is 11.9. The second-order valence-corrected chi connectivity index (χ2v) is 5.22. The summed E-state index contributed by atoms with van der Waals surface area (Å²) in [6, 6.07) is 1.54. The molecule has 0 aromatic rings.